The molecule has 0 radical (unpaired) electrons. The van der Waals surface area contributed by atoms with E-state index in [1.54, 1.807) is 0 Å². The summed E-state index contributed by atoms with van der Waals surface area (Å²) < 4.78 is 0.197. The highest BCUT2D eigenvalue weighted by molar-refractivity contribution is 9.10. The van der Waals surface area contributed by atoms with Crippen LogP contribution in [0.25, 0.3) is 0 Å². The molecule has 0 bridgehead atoms. The van der Waals surface area contributed by atoms with Crippen LogP contribution in [-0.2, 0) is 4.79 Å². The molecule has 1 unspecified atom stereocenters. The first kappa shape index (κ1) is 11.5. The zero-order valence-corrected chi connectivity index (χ0v) is 8.71. The third kappa shape index (κ3) is 2.48. The van der Waals surface area contributed by atoms with Gasteiger partial charge in [-0.15, -0.1) is 0 Å². The second-order valence-corrected chi connectivity index (χ2v) is 3.39. The van der Waals surface area contributed by atoms with Crippen molar-refractivity contribution in [1.82, 2.24) is 4.98 Å². The highest BCUT2D eigenvalue weighted by atomic mass is 79.9. The molecule has 0 amide bonds. The van der Waals surface area contributed by atoms with E-state index in [0.29, 0.717) is 0 Å². The van der Waals surface area contributed by atoms with Crippen molar-refractivity contribution in [3.05, 3.63) is 32.4 Å². The maximum Gasteiger partial charge on any atom is 0.363 e. The first-order valence-corrected chi connectivity index (χ1v) is 4.44. The number of aliphatic hydroxyl groups excluding tert-OH is 1. The number of carbonyl (C=O) groups is 1. The number of halogens is 1. The van der Waals surface area contributed by atoms with Crippen molar-refractivity contribution in [3.63, 3.8) is 0 Å². The van der Waals surface area contributed by atoms with Crippen LogP contribution in [0.2, 0.25) is 0 Å². The largest absolute Gasteiger partial charge is 0.479 e. The van der Waals surface area contributed by atoms with Gasteiger partial charge < -0.3 is 20.3 Å². The summed E-state index contributed by atoms with van der Waals surface area (Å²) in [5.74, 6) is -2.04. The number of nitro groups is 1. The maximum absolute atomic E-state index is 10.5. The topological polar surface area (TPSA) is 114 Å². The number of aliphatic carboxylic acids is 1. The maximum atomic E-state index is 10.5. The monoisotopic (exact) mass is 276 g/mol. The fourth-order valence-corrected chi connectivity index (χ4v) is 1.30. The summed E-state index contributed by atoms with van der Waals surface area (Å²) in [7, 11) is 0. The van der Waals surface area contributed by atoms with E-state index in [9.17, 15) is 20.0 Å². The van der Waals surface area contributed by atoms with E-state index in [4.69, 9.17) is 5.11 Å². The van der Waals surface area contributed by atoms with Crippen molar-refractivity contribution >= 4 is 27.7 Å². The molecule has 1 atom stereocenters. The van der Waals surface area contributed by atoms with Crippen LogP contribution in [0.1, 0.15) is 11.8 Å². The van der Waals surface area contributed by atoms with Crippen molar-refractivity contribution in [2.45, 2.75) is 6.10 Å². The molecule has 0 saturated heterocycles. The molecule has 1 rings (SSSR count). The SMILES string of the molecule is O=C(O)C(O)c1nc([N+](=O)[O-])ccc1Br. The highest BCUT2D eigenvalue weighted by Gasteiger charge is 2.26. The summed E-state index contributed by atoms with van der Waals surface area (Å²) >= 11 is 2.94. The molecule has 0 aliphatic rings. The lowest BCUT2D eigenvalue weighted by atomic mass is 10.2. The Balaban J connectivity index is 3.22. The van der Waals surface area contributed by atoms with E-state index in [1.165, 1.54) is 6.07 Å². The first-order valence-electron chi connectivity index (χ1n) is 3.65. The fraction of sp³-hybridized carbons (Fsp3) is 0.143. The lowest BCUT2D eigenvalue weighted by Crippen LogP contribution is -2.13. The fourth-order valence-electron chi connectivity index (χ4n) is 0.858. The van der Waals surface area contributed by atoms with Crippen molar-refractivity contribution in [2.75, 3.05) is 0 Å². The zero-order chi connectivity index (χ0) is 11.6. The second-order valence-electron chi connectivity index (χ2n) is 2.53. The molecular formula is C7H5BrN2O5. The minimum absolute atomic E-state index is 0.197. The predicted molar refractivity (Wildman–Crippen MR) is 51.2 cm³/mol. The second kappa shape index (κ2) is 4.32. The van der Waals surface area contributed by atoms with Crippen molar-refractivity contribution in [2.24, 2.45) is 0 Å². The van der Waals surface area contributed by atoms with Gasteiger partial charge in [0.15, 0.2) is 0 Å². The third-order valence-electron chi connectivity index (χ3n) is 1.54. The molecule has 0 aliphatic heterocycles. The van der Waals surface area contributed by atoms with Crippen LogP contribution in [0.3, 0.4) is 0 Å². The van der Waals surface area contributed by atoms with Gasteiger partial charge >= 0.3 is 11.8 Å². The number of hydrogen-bond acceptors (Lipinski definition) is 5. The molecule has 8 heteroatoms. The molecule has 0 saturated carbocycles. The molecule has 0 fully saturated rings. The van der Waals surface area contributed by atoms with Crippen LogP contribution < -0.4 is 0 Å². The van der Waals surface area contributed by atoms with E-state index in [0.717, 1.165) is 6.07 Å². The van der Waals surface area contributed by atoms with Gasteiger partial charge in [0.2, 0.25) is 11.8 Å². The van der Waals surface area contributed by atoms with Gasteiger partial charge in [0.25, 0.3) is 0 Å². The third-order valence-corrected chi connectivity index (χ3v) is 2.21. The summed E-state index contributed by atoms with van der Waals surface area (Å²) in [6.07, 6.45) is -1.89. The lowest BCUT2D eigenvalue weighted by molar-refractivity contribution is -0.389. The molecule has 2 N–H and O–H groups in total. The summed E-state index contributed by atoms with van der Waals surface area (Å²) in [5, 5.41) is 28.0. The van der Waals surface area contributed by atoms with Crippen LogP contribution in [0.15, 0.2) is 16.6 Å². The normalized spacial score (nSPS) is 12.1. The van der Waals surface area contributed by atoms with Gasteiger partial charge in [0.05, 0.1) is 4.47 Å². The molecular weight excluding hydrogens is 272 g/mol. The number of hydrogen-bond donors (Lipinski definition) is 2. The first-order chi connectivity index (χ1) is 6.93. The van der Waals surface area contributed by atoms with E-state index in [1.807, 2.05) is 0 Å². The molecule has 7 nitrogen and oxygen atoms in total. The Bertz CT molecular complexity index is 422. The Morgan fingerprint density at radius 2 is 2.20 bits per heavy atom. The van der Waals surface area contributed by atoms with E-state index < -0.39 is 22.8 Å². The van der Waals surface area contributed by atoms with E-state index in [-0.39, 0.29) is 10.2 Å². The Hall–Kier alpha value is -1.54. The Labute approximate surface area is 91.7 Å². The van der Waals surface area contributed by atoms with Crippen molar-refractivity contribution < 1.29 is 19.9 Å². The van der Waals surface area contributed by atoms with E-state index >= 15 is 0 Å². The summed E-state index contributed by atoms with van der Waals surface area (Å²) in [5.41, 5.74) is -0.295. The van der Waals surface area contributed by atoms with Gasteiger partial charge in [-0.3, -0.25) is 0 Å². The summed E-state index contributed by atoms with van der Waals surface area (Å²) in [4.78, 5) is 23.5. The van der Waals surface area contributed by atoms with Crippen LogP contribution in [0, 0.1) is 10.1 Å². The van der Waals surface area contributed by atoms with Gasteiger partial charge in [-0.05, 0) is 31.9 Å². The minimum atomic E-state index is -1.89. The molecule has 0 spiro atoms. The standard InChI is InChI=1S/C7H5BrN2O5/c8-3-1-2-4(10(14)15)9-5(3)6(11)7(12)13/h1-2,6,11H,(H,12,13). The van der Waals surface area contributed by atoms with Crippen LogP contribution >= 0.6 is 15.9 Å². The number of rotatable bonds is 3. The lowest BCUT2D eigenvalue weighted by Gasteiger charge is -2.02. The molecule has 1 aromatic heterocycles. The van der Waals surface area contributed by atoms with Gasteiger partial charge in [0.1, 0.15) is 0 Å². The van der Waals surface area contributed by atoms with Crippen LogP contribution in [0.4, 0.5) is 5.82 Å². The minimum Gasteiger partial charge on any atom is -0.479 e. The summed E-state index contributed by atoms with van der Waals surface area (Å²) in [6.45, 7) is 0. The van der Waals surface area contributed by atoms with Crippen LogP contribution in [-0.4, -0.2) is 26.1 Å². The molecule has 1 aromatic rings. The highest BCUT2D eigenvalue weighted by Crippen LogP contribution is 2.24. The van der Waals surface area contributed by atoms with E-state index in [2.05, 4.69) is 20.9 Å². The van der Waals surface area contributed by atoms with Gasteiger partial charge in [-0.1, -0.05) is 0 Å². The van der Waals surface area contributed by atoms with Crippen LogP contribution in [0.5, 0.6) is 0 Å². The smallest absolute Gasteiger partial charge is 0.363 e. The molecule has 80 valence electrons. The number of carboxylic acid groups (broad SMARTS) is 1. The summed E-state index contributed by atoms with van der Waals surface area (Å²) in [6, 6.07) is 2.36. The van der Waals surface area contributed by atoms with Gasteiger partial charge in [-0.2, -0.15) is 0 Å². The average molecular weight is 277 g/mol. The molecule has 15 heavy (non-hydrogen) atoms. The predicted octanol–water partition coefficient (Wildman–Crippen LogP) is 0.870. The quantitative estimate of drug-likeness (QED) is 0.626. The zero-order valence-electron chi connectivity index (χ0n) is 7.12. The molecule has 1 heterocycles. The van der Waals surface area contributed by atoms with Gasteiger partial charge in [-0.25, -0.2) is 4.79 Å². The van der Waals surface area contributed by atoms with Crippen molar-refractivity contribution in [1.29, 1.82) is 0 Å². The Morgan fingerprint density at radius 3 is 2.67 bits per heavy atom. The Morgan fingerprint density at radius 1 is 1.60 bits per heavy atom. The average Bonchev–Trinajstić information content (AvgIpc) is 2.16. The number of carboxylic acids is 1. The number of aromatic nitrogens is 1. The number of nitrogens with zero attached hydrogens (tertiary/aromatic N) is 2. The van der Waals surface area contributed by atoms with Gasteiger partial charge in [0, 0.05) is 6.07 Å². The Kier molecular flexibility index (Phi) is 3.32. The van der Waals surface area contributed by atoms with Crippen molar-refractivity contribution in [3.8, 4) is 0 Å². The number of pyridine rings is 1. The number of aliphatic hydroxyl groups is 1. The molecule has 0 aromatic carbocycles. The molecule has 0 aliphatic carbocycles.